The van der Waals surface area contributed by atoms with Crippen molar-refractivity contribution in [1.82, 2.24) is 9.97 Å². The molecule has 0 unspecified atom stereocenters. The first-order valence-corrected chi connectivity index (χ1v) is 10.5. The molecule has 0 aliphatic rings. The van der Waals surface area contributed by atoms with Crippen molar-refractivity contribution in [3.63, 3.8) is 0 Å². The molecule has 0 aliphatic carbocycles. The quantitative estimate of drug-likeness (QED) is 0.477. The number of aromatic nitrogens is 2. The lowest BCUT2D eigenvalue weighted by Gasteiger charge is -2.21. The van der Waals surface area contributed by atoms with E-state index in [2.05, 4.69) is 79.5 Å². The molecule has 0 saturated carbocycles. The molecule has 0 bridgehead atoms. The van der Waals surface area contributed by atoms with Gasteiger partial charge in [-0.3, -0.25) is 0 Å². The number of benzene rings is 2. The van der Waals surface area contributed by atoms with Gasteiger partial charge in [-0.25, -0.2) is 4.98 Å². The molecule has 0 fully saturated rings. The summed E-state index contributed by atoms with van der Waals surface area (Å²) in [5, 5.41) is 16.4. The van der Waals surface area contributed by atoms with Crippen LogP contribution in [-0.4, -0.2) is 27.7 Å². The average molecular weight is 405 g/mol. The van der Waals surface area contributed by atoms with Crippen LogP contribution in [0.2, 0.25) is 0 Å². The van der Waals surface area contributed by atoms with Crippen molar-refractivity contribution in [2.75, 3.05) is 17.2 Å². The van der Waals surface area contributed by atoms with Gasteiger partial charge in [0.05, 0.1) is 18.3 Å². The molecular formula is C25H32N4O. The van der Waals surface area contributed by atoms with E-state index in [1.165, 1.54) is 5.56 Å². The smallest absolute Gasteiger partial charge is 0.225 e. The van der Waals surface area contributed by atoms with Crippen LogP contribution in [0, 0.1) is 5.92 Å². The Kier molecular flexibility index (Phi) is 6.73. The summed E-state index contributed by atoms with van der Waals surface area (Å²) in [6, 6.07) is 20.3. The van der Waals surface area contributed by atoms with E-state index in [1.54, 1.807) is 0 Å². The highest BCUT2D eigenvalue weighted by Gasteiger charge is 2.16. The first-order chi connectivity index (χ1) is 14.3. The lowest BCUT2D eigenvalue weighted by Crippen LogP contribution is -2.30. The number of anilines is 3. The molecule has 0 amide bonds. The van der Waals surface area contributed by atoms with Crippen molar-refractivity contribution in [3.05, 3.63) is 66.2 Å². The first-order valence-electron chi connectivity index (χ1n) is 10.5. The Morgan fingerprint density at radius 1 is 0.933 bits per heavy atom. The fourth-order valence-electron chi connectivity index (χ4n) is 3.12. The molecule has 3 rings (SSSR count). The van der Waals surface area contributed by atoms with Gasteiger partial charge in [0.15, 0.2) is 0 Å². The number of aliphatic hydroxyl groups is 1. The largest absolute Gasteiger partial charge is 0.394 e. The highest BCUT2D eigenvalue weighted by molar-refractivity contribution is 5.67. The molecular weight excluding hydrogens is 372 g/mol. The van der Waals surface area contributed by atoms with Gasteiger partial charge in [-0.15, -0.1) is 0 Å². The summed E-state index contributed by atoms with van der Waals surface area (Å²) in [5.74, 6) is 1.45. The second kappa shape index (κ2) is 9.26. The maximum atomic E-state index is 9.71. The lowest BCUT2D eigenvalue weighted by atomic mass is 9.87. The second-order valence-electron chi connectivity index (χ2n) is 8.96. The third-order valence-corrected chi connectivity index (χ3v) is 5.13. The fourth-order valence-corrected chi connectivity index (χ4v) is 3.12. The van der Waals surface area contributed by atoms with Gasteiger partial charge in [-0.2, -0.15) is 4.98 Å². The van der Waals surface area contributed by atoms with E-state index in [0.717, 1.165) is 16.9 Å². The molecule has 2 aromatic carbocycles. The van der Waals surface area contributed by atoms with Crippen LogP contribution in [0.15, 0.2) is 60.7 Å². The van der Waals surface area contributed by atoms with Crippen LogP contribution >= 0.6 is 0 Å². The van der Waals surface area contributed by atoms with Gasteiger partial charge in [0.2, 0.25) is 5.95 Å². The maximum Gasteiger partial charge on any atom is 0.225 e. The highest BCUT2D eigenvalue weighted by Crippen LogP contribution is 2.27. The Labute approximate surface area is 179 Å². The van der Waals surface area contributed by atoms with E-state index in [4.69, 9.17) is 0 Å². The molecule has 0 aliphatic heterocycles. The number of nitrogens with zero attached hydrogens (tertiary/aromatic N) is 2. The molecule has 0 spiro atoms. The molecule has 30 heavy (non-hydrogen) atoms. The van der Waals surface area contributed by atoms with Gasteiger partial charge in [0.25, 0.3) is 0 Å². The Morgan fingerprint density at radius 2 is 1.60 bits per heavy atom. The van der Waals surface area contributed by atoms with Gasteiger partial charge in [0, 0.05) is 17.3 Å². The second-order valence-corrected chi connectivity index (χ2v) is 8.96. The van der Waals surface area contributed by atoms with E-state index in [9.17, 15) is 5.11 Å². The number of aliphatic hydroxyl groups excluding tert-OH is 1. The van der Waals surface area contributed by atoms with E-state index >= 15 is 0 Å². The van der Waals surface area contributed by atoms with Crippen LogP contribution in [-0.2, 0) is 5.41 Å². The van der Waals surface area contributed by atoms with Crippen LogP contribution in [0.5, 0.6) is 0 Å². The van der Waals surface area contributed by atoms with Gasteiger partial charge in [-0.05, 0) is 29.0 Å². The van der Waals surface area contributed by atoms with Crippen LogP contribution in [0.1, 0.15) is 40.2 Å². The lowest BCUT2D eigenvalue weighted by molar-refractivity contribution is 0.248. The normalized spacial score (nSPS) is 12.6. The minimum absolute atomic E-state index is 0.0214. The van der Waals surface area contributed by atoms with Gasteiger partial charge in [-0.1, -0.05) is 77.1 Å². The molecule has 3 N–H and O–H groups in total. The molecule has 158 valence electrons. The number of nitrogens with one attached hydrogen (secondary N) is 2. The summed E-state index contributed by atoms with van der Waals surface area (Å²) >= 11 is 0. The Balaban J connectivity index is 1.93. The maximum absolute atomic E-state index is 9.71. The highest BCUT2D eigenvalue weighted by atomic mass is 16.3. The van der Waals surface area contributed by atoms with Gasteiger partial charge >= 0.3 is 0 Å². The van der Waals surface area contributed by atoms with E-state index in [-0.39, 0.29) is 24.0 Å². The standard InChI is InChI=1S/C25H32N4O/c1-17(2)22(16-30)28-24-27-21(18-9-7-6-8-10-18)15-23(29-24)26-20-13-11-19(12-14-20)25(3,4)5/h6-15,17,22,30H,16H2,1-5H3,(H2,26,27,28,29)/t22-/m1/s1. The molecule has 1 heterocycles. The third-order valence-electron chi connectivity index (χ3n) is 5.13. The molecule has 1 atom stereocenters. The summed E-state index contributed by atoms with van der Waals surface area (Å²) in [6.07, 6.45) is 0. The number of hydrogen-bond acceptors (Lipinski definition) is 5. The monoisotopic (exact) mass is 404 g/mol. The van der Waals surface area contributed by atoms with Crippen LogP contribution in [0.25, 0.3) is 11.3 Å². The predicted octanol–water partition coefficient (Wildman–Crippen LogP) is 5.61. The number of rotatable bonds is 7. The third kappa shape index (κ3) is 5.57. The first kappa shape index (κ1) is 21.8. The van der Waals surface area contributed by atoms with Crippen molar-refractivity contribution < 1.29 is 5.11 Å². The van der Waals surface area contributed by atoms with E-state index in [1.807, 2.05) is 36.4 Å². The zero-order chi connectivity index (χ0) is 21.7. The molecule has 5 heteroatoms. The Hall–Kier alpha value is -2.92. The van der Waals surface area contributed by atoms with Crippen molar-refractivity contribution in [3.8, 4) is 11.3 Å². The topological polar surface area (TPSA) is 70.1 Å². The summed E-state index contributed by atoms with van der Waals surface area (Å²) in [7, 11) is 0. The Morgan fingerprint density at radius 3 is 2.17 bits per heavy atom. The van der Waals surface area contributed by atoms with Crippen molar-refractivity contribution >= 4 is 17.5 Å². The van der Waals surface area contributed by atoms with E-state index in [0.29, 0.717) is 11.8 Å². The van der Waals surface area contributed by atoms with Gasteiger partial charge < -0.3 is 15.7 Å². The summed E-state index contributed by atoms with van der Waals surface area (Å²) in [4.78, 5) is 9.34. The fraction of sp³-hybridized carbons (Fsp3) is 0.360. The van der Waals surface area contributed by atoms with E-state index < -0.39 is 0 Å². The zero-order valence-corrected chi connectivity index (χ0v) is 18.5. The van der Waals surface area contributed by atoms with Crippen LogP contribution in [0.4, 0.5) is 17.5 Å². The van der Waals surface area contributed by atoms with Gasteiger partial charge in [0.1, 0.15) is 5.82 Å². The molecule has 3 aromatic rings. The number of hydrogen-bond donors (Lipinski definition) is 3. The van der Waals surface area contributed by atoms with Crippen LogP contribution < -0.4 is 10.6 Å². The minimum atomic E-state index is -0.116. The summed E-state index contributed by atoms with van der Waals surface area (Å²) < 4.78 is 0. The predicted molar refractivity (Wildman–Crippen MR) is 125 cm³/mol. The van der Waals surface area contributed by atoms with Crippen molar-refractivity contribution in [2.45, 2.75) is 46.1 Å². The SMILES string of the molecule is CC(C)[C@@H](CO)Nc1nc(Nc2ccc(C(C)(C)C)cc2)cc(-c2ccccc2)n1. The summed E-state index contributed by atoms with van der Waals surface area (Å²) in [6.45, 7) is 10.8. The Bertz CT molecular complexity index is 947. The minimum Gasteiger partial charge on any atom is -0.394 e. The zero-order valence-electron chi connectivity index (χ0n) is 18.5. The average Bonchev–Trinajstić information content (AvgIpc) is 2.72. The molecule has 0 saturated heterocycles. The summed E-state index contributed by atoms with van der Waals surface area (Å²) in [5.41, 5.74) is 4.20. The van der Waals surface area contributed by atoms with Crippen molar-refractivity contribution in [2.24, 2.45) is 5.92 Å². The molecule has 1 aromatic heterocycles. The van der Waals surface area contributed by atoms with Crippen molar-refractivity contribution in [1.29, 1.82) is 0 Å². The molecule has 5 nitrogen and oxygen atoms in total. The van der Waals surface area contributed by atoms with Crippen LogP contribution in [0.3, 0.4) is 0 Å². The molecule has 0 radical (unpaired) electrons.